The van der Waals surface area contributed by atoms with E-state index in [-0.39, 0.29) is 0 Å². The van der Waals surface area contributed by atoms with E-state index in [1.807, 2.05) is 51.2 Å². The van der Waals surface area contributed by atoms with E-state index >= 15 is 0 Å². The fourth-order valence-electron chi connectivity index (χ4n) is 3.34. The zero-order valence-corrected chi connectivity index (χ0v) is 16.6. The molecular weight excluding hydrogens is 352 g/mol. The van der Waals surface area contributed by atoms with E-state index in [0.29, 0.717) is 18.1 Å². The normalized spacial score (nSPS) is 12.0. The third-order valence-corrected chi connectivity index (χ3v) is 4.76. The van der Waals surface area contributed by atoms with Gasteiger partial charge < -0.3 is 9.63 Å². The lowest BCUT2D eigenvalue weighted by Gasteiger charge is -2.18. The lowest BCUT2D eigenvalue weighted by Crippen LogP contribution is -2.19. The van der Waals surface area contributed by atoms with Gasteiger partial charge in [-0.2, -0.15) is 4.98 Å². The Balaban J connectivity index is 1.77. The van der Waals surface area contributed by atoms with Crippen molar-refractivity contribution in [3.63, 3.8) is 0 Å². The molecule has 0 saturated heterocycles. The number of aliphatic hydroxyl groups is 1. The molecule has 4 aromatic rings. The molecule has 4 rings (SSSR count). The summed E-state index contributed by atoms with van der Waals surface area (Å²) in [6, 6.07) is 12.4. The third-order valence-electron chi connectivity index (χ3n) is 4.76. The Kier molecular flexibility index (Phi) is 4.51. The summed E-state index contributed by atoms with van der Waals surface area (Å²) < 4.78 is 7.23. The van der Waals surface area contributed by atoms with Crippen LogP contribution in [0.4, 0.5) is 0 Å². The Hall–Kier alpha value is -2.99. The Morgan fingerprint density at radius 1 is 1.11 bits per heavy atom. The number of nitrogens with zero attached hydrogens (tertiary/aromatic N) is 4. The van der Waals surface area contributed by atoms with Gasteiger partial charge in [0.05, 0.1) is 5.60 Å². The highest BCUT2D eigenvalue weighted by atomic mass is 16.5. The van der Waals surface area contributed by atoms with Gasteiger partial charge in [0.25, 0.3) is 0 Å². The maximum absolute atomic E-state index is 10.2. The highest BCUT2D eigenvalue weighted by Gasteiger charge is 2.17. The molecule has 0 bridgehead atoms. The average Bonchev–Trinajstić information content (AvgIpc) is 3.22. The van der Waals surface area contributed by atoms with Gasteiger partial charge >= 0.3 is 0 Å². The number of fused-ring (bicyclic) bond motifs is 1. The highest BCUT2D eigenvalue weighted by molar-refractivity contribution is 5.80. The van der Waals surface area contributed by atoms with Crippen LogP contribution in [0.25, 0.3) is 28.1 Å². The quantitative estimate of drug-likeness (QED) is 0.559. The van der Waals surface area contributed by atoms with Crippen molar-refractivity contribution >= 4 is 11.0 Å². The highest BCUT2D eigenvalue weighted by Crippen LogP contribution is 2.27. The van der Waals surface area contributed by atoms with E-state index in [0.717, 1.165) is 40.0 Å². The van der Waals surface area contributed by atoms with E-state index in [4.69, 9.17) is 4.52 Å². The number of benzene rings is 1. The smallest absolute Gasteiger partial charge is 0.223 e. The van der Waals surface area contributed by atoms with Crippen molar-refractivity contribution in [3.8, 4) is 17.1 Å². The minimum absolute atomic E-state index is 0.545. The van der Waals surface area contributed by atoms with E-state index in [2.05, 4.69) is 31.8 Å². The van der Waals surface area contributed by atoms with Crippen LogP contribution in [0.2, 0.25) is 0 Å². The molecule has 0 atom stereocenters. The number of rotatable bonds is 5. The fraction of sp³-hybridized carbons (Fsp3) is 0.318. The van der Waals surface area contributed by atoms with E-state index in [9.17, 15) is 5.11 Å². The van der Waals surface area contributed by atoms with Gasteiger partial charge in [0.15, 0.2) is 0 Å². The summed E-state index contributed by atoms with van der Waals surface area (Å²) in [5.41, 5.74) is 4.37. The third kappa shape index (κ3) is 3.68. The predicted octanol–water partition coefficient (Wildman–Crippen LogP) is 4.40. The van der Waals surface area contributed by atoms with Crippen LogP contribution in [0.3, 0.4) is 0 Å². The van der Waals surface area contributed by atoms with Crippen LogP contribution >= 0.6 is 0 Å². The zero-order chi connectivity index (χ0) is 19.9. The second-order valence-corrected chi connectivity index (χ2v) is 7.89. The summed E-state index contributed by atoms with van der Waals surface area (Å²) >= 11 is 0. The van der Waals surface area contributed by atoms with Crippen molar-refractivity contribution in [1.82, 2.24) is 19.7 Å². The van der Waals surface area contributed by atoms with Gasteiger partial charge in [-0.3, -0.25) is 4.57 Å². The molecule has 28 heavy (non-hydrogen) atoms. The molecule has 0 spiro atoms. The van der Waals surface area contributed by atoms with Gasteiger partial charge in [0, 0.05) is 35.5 Å². The average molecular weight is 376 g/mol. The molecule has 0 fully saturated rings. The summed E-state index contributed by atoms with van der Waals surface area (Å²) in [6.45, 7) is 7.50. The van der Waals surface area contributed by atoms with Gasteiger partial charge in [-0.25, -0.2) is 4.98 Å². The Labute approximate surface area is 163 Å². The van der Waals surface area contributed by atoms with Gasteiger partial charge in [-0.05, 0) is 75.6 Å². The summed E-state index contributed by atoms with van der Waals surface area (Å²) in [5, 5.41) is 15.3. The van der Waals surface area contributed by atoms with Gasteiger partial charge in [0.2, 0.25) is 11.7 Å². The summed E-state index contributed by atoms with van der Waals surface area (Å²) in [4.78, 5) is 8.95. The molecule has 144 valence electrons. The first-order valence-electron chi connectivity index (χ1n) is 9.41. The molecule has 6 nitrogen and oxygen atoms in total. The van der Waals surface area contributed by atoms with Crippen LogP contribution < -0.4 is 0 Å². The molecule has 0 radical (unpaired) electrons. The monoisotopic (exact) mass is 376 g/mol. The molecule has 3 aromatic heterocycles. The van der Waals surface area contributed by atoms with Crippen molar-refractivity contribution in [1.29, 1.82) is 0 Å². The maximum atomic E-state index is 10.2. The van der Waals surface area contributed by atoms with Gasteiger partial charge in [0.1, 0.15) is 5.65 Å². The molecule has 1 aromatic carbocycles. The number of pyridine rings is 1. The molecule has 3 heterocycles. The van der Waals surface area contributed by atoms with E-state index < -0.39 is 5.60 Å². The molecule has 0 aliphatic carbocycles. The molecule has 0 saturated carbocycles. The second-order valence-electron chi connectivity index (χ2n) is 7.89. The van der Waals surface area contributed by atoms with Crippen LogP contribution in [0.5, 0.6) is 0 Å². The first-order valence-corrected chi connectivity index (χ1v) is 9.41. The Morgan fingerprint density at radius 2 is 1.86 bits per heavy atom. The van der Waals surface area contributed by atoms with Crippen molar-refractivity contribution in [2.24, 2.45) is 0 Å². The van der Waals surface area contributed by atoms with E-state index in [1.54, 1.807) is 6.92 Å². The van der Waals surface area contributed by atoms with Crippen LogP contribution in [0, 0.1) is 13.8 Å². The summed E-state index contributed by atoms with van der Waals surface area (Å²) in [7, 11) is 0. The Morgan fingerprint density at radius 3 is 2.50 bits per heavy atom. The van der Waals surface area contributed by atoms with Crippen LogP contribution in [-0.2, 0) is 6.42 Å². The van der Waals surface area contributed by atoms with Gasteiger partial charge in [-0.15, -0.1) is 0 Å². The second kappa shape index (κ2) is 6.87. The Bertz CT molecular complexity index is 1120. The zero-order valence-electron chi connectivity index (χ0n) is 16.6. The summed E-state index contributed by atoms with van der Waals surface area (Å²) in [6.07, 6.45) is 3.31. The topological polar surface area (TPSA) is 77.0 Å². The molecule has 0 aliphatic heterocycles. The lowest BCUT2D eigenvalue weighted by atomic mass is 10.0. The number of aromatic nitrogens is 4. The van der Waals surface area contributed by atoms with Crippen molar-refractivity contribution in [3.05, 3.63) is 59.7 Å². The van der Waals surface area contributed by atoms with Gasteiger partial charge in [-0.1, -0.05) is 5.16 Å². The SMILES string of the molecule is Cc1cnc2c(c1)cc(CCC(C)(C)O)n2-c1ccc(-c2noc(C)n2)cc1. The maximum Gasteiger partial charge on any atom is 0.223 e. The molecule has 0 aliphatic rings. The largest absolute Gasteiger partial charge is 0.390 e. The molecular formula is C22H24N4O2. The first-order chi connectivity index (χ1) is 13.3. The fourth-order valence-corrected chi connectivity index (χ4v) is 3.34. The van der Waals surface area contributed by atoms with Crippen molar-refractivity contribution in [2.75, 3.05) is 0 Å². The van der Waals surface area contributed by atoms with Crippen LogP contribution in [-0.4, -0.2) is 30.4 Å². The minimum Gasteiger partial charge on any atom is -0.390 e. The molecule has 0 unspecified atom stereocenters. The predicted molar refractivity (Wildman–Crippen MR) is 108 cm³/mol. The van der Waals surface area contributed by atoms with E-state index in [1.165, 1.54) is 0 Å². The number of hydrogen-bond acceptors (Lipinski definition) is 5. The van der Waals surface area contributed by atoms with Crippen LogP contribution in [0.15, 0.2) is 47.1 Å². The lowest BCUT2D eigenvalue weighted by molar-refractivity contribution is 0.0710. The first kappa shape index (κ1) is 18.4. The number of aryl methyl sites for hydroxylation is 3. The van der Waals surface area contributed by atoms with Crippen molar-refractivity contribution in [2.45, 2.75) is 46.1 Å². The molecule has 6 heteroatoms. The molecule has 1 N–H and O–H groups in total. The standard InChI is InChI=1S/C22H24N4O2/c1-14-11-17-12-19(9-10-22(3,4)27)26(21(17)23-13-14)18-7-5-16(6-8-18)20-24-15(2)28-25-20/h5-8,11-13,27H,9-10H2,1-4H3. The molecule has 0 amide bonds. The minimum atomic E-state index is -0.717. The summed E-state index contributed by atoms with van der Waals surface area (Å²) in [5.74, 6) is 1.13. The number of hydrogen-bond donors (Lipinski definition) is 1. The van der Waals surface area contributed by atoms with Crippen LogP contribution in [0.1, 0.15) is 37.4 Å². The van der Waals surface area contributed by atoms with Crippen molar-refractivity contribution < 1.29 is 9.63 Å².